The molecule has 7 nitrogen and oxygen atoms in total. The zero-order chi connectivity index (χ0) is 15.5. The standard InChI is InChI=1S/C15H22N4O3/c1-11-7-12(18-3-5-22-6-4-18)10-19(11)15(20)14-16-8-13(21-2)9-17-14/h8-9,11-12H,3-7,10H2,1-2H3. The van der Waals surface area contributed by atoms with Gasteiger partial charge in [-0.25, -0.2) is 9.97 Å². The van der Waals surface area contributed by atoms with E-state index in [1.54, 1.807) is 7.11 Å². The zero-order valence-corrected chi connectivity index (χ0v) is 13.1. The molecule has 2 aliphatic heterocycles. The van der Waals surface area contributed by atoms with Gasteiger partial charge in [0.25, 0.3) is 5.91 Å². The highest BCUT2D eigenvalue weighted by atomic mass is 16.5. The maximum absolute atomic E-state index is 12.6. The predicted octanol–water partition coefficient (Wildman–Crippen LogP) is 0.420. The molecule has 0 saturated carbocycles. The summed E-state index contributed by atoms with van der Waals surface area (Å²) in [4.78, 5) is 25.1. The first-order chi connectivity index (χ1) is 10.7. The van der Waals surface area contributed by atoms with Crippen LogP contribution in [-0.4, -0.2) is 77.7 Å². The third kappa shape index (κ3) is 3.05. The molecule has 2 fully saturated rings. The van der Waals surface area contributed by atoms with Crippen LogP contribution in [0.2, 0.25) is 0 Å². The number of methoxy groups -OCH3 is 1. The van der Waals surface area contributed by atoms with Crippen molar-refractivity contribution in [1.29, 1.82) is 0 Å². The highest BCUT2D eigenvalue weighted by Crippen LogP contribution is 2.24. The van der Waals surface area contributed by atoms with Gasteiger partial charge in [-0.1, -0.05) is 0 Å². The van der Waals surface area contributed by atoms with Gasteiger partial charge in [0.15, 0.2) is 5.75 Å². The van der Waals surface area contributed by atoms with Crippen LogP contribution in [-0.2, 0) is 4.74 Å². The fourth-order valence-corrected chi connectivity index (χ4v) is 3.15. The van der Waals surface area contributed by atoms with E-state index >= 15 is 0 Å². The average Bonchev–Trinajstić information content (AvgIpc) is 2.97. The Bertz CT molecular complexity index is 516. The summed E-state index contributed by atoms with van der Waals surface area (Å²) in [7, 11) is 1.55. The molecule has 22 heavy (non-hydrogen) atoms. The van der Waals surface area contributed by atoms with Crippen molar-refractivity contribution in [1.82, 2.24) is 19.8 Å². The largest absolute Gasteiger partial charge is 0.494 e. The first kappa shape index (κ1) is 15.2. The Morgan fingerprint density at radius 2 is 2.00 bits per heavy atom. The molecule has 0 N–H and O–H groups in total. The predicted molar refractivity (Wildman–Crippen MR) is 79.9 cm³/mol. The lowest BCUT2D eigenvalue weighted by atomic mass is 10.1. The van der Waals surface area contributed by atoms with E-state index in [9.17, 15) is 4.79 Å². The van der Waals surface area contributed by atoms with Gasteiger partial charge in [0.2, 0.25) is 5.82 Å². The van der Waals surface area contributed by atoms with Gasteiger partial charge in [0, 0.05) is 31.7 Å². The Kier molecular flexibility index (Phi) is 4.54. The molecule has 0 bridgehead atoms. The second-order valence-electron chi connectivity index (χ2n) is 5.79. The van der Waals surface area contributed by atoms with E-state index in [1.807, 2.05) is 4.90 Å². The van der Waals surface area contributed by atoms with E-state index in [0.717, 1.165) is 39.3 Å². The number of nitrogens with zero attached hydrogens (tertiary/aromatic N) is 4. The van der Waals surface area contributed by atoms with E-state index in [4.69, 9.17) is 9.47 Å². The Morgan fingerprint density at radius 3 is 2.64 bits per heavy atom. The summed E-state index contributed by atoms with van der Waals surface area (Å²) in [6, 6.07) is 0.604. The number of hydrogen-bond acceptors (Lipinski definition) is 6. The van der Waals surface area contributed by atoms with E-state index < -0.39 is 0 Å². The Hall–Kier alpha value is -1.73. The molecule has 1 aromatic rings. The van der Waals surface area contributed by atoms with Gasteiger partial charge in [-0.15, -0.1) is 0 Å². The van der Waals surface area contributed by atoms with Crippen molar-refractivity contribution >= 4 is 5.91 Å². The monoisotopic (exact) mass is 306 g/mol. The van der Waals surface area contributed by atoms with Crippen molar-refractivity contribution in [2.45, 2.75) is 25.4 Å². The maximum atomic E-state index is 12.6. The summed E-state index contributed by atoms with van der Waals surface area (Å²) in [5, 5.41) is 0. The first-order valence-electron chi connectivity index (χ1n) is 7.68. The molecule has 1 amide bonds. The minimum absolute atomic E-state index is 0.106. The van der Waals surface area contributed by atoms with Gasteiger partial charge in [0.05, 0.1) is 32.7 Å². The summed E-state index contributed by atoms with van der Waals surface area (Å²) < 4.78 is 10.4. The Morgan fingerprint density at radius 1 is 1.32 bits per heavy atom. The molecule has 3 heterocycles. The lowest BCUT2D eigenvalue weighted by molar-refractivity contribution is 0.0184. The number of ether oxygens (including phenoxy) is 2. The van der Waals surface area contributed by atoms with Crippen LogP contribution in [0.5, 0.6) is 5.75 Å². The Labute approximate surface area is 130 Å². The lowest BCUT2D eigenvalue weighted by Crippen LogP contribution is -2.45. The van der Waals surface area contributed by atoms with Crippen LogP contribution >= 0.6 is 0 Å². The number of aromatic nitrogens is 2. The van der Waals surface area contributed by atoms with Crippen LogP contribution in [0.25, 0.3) is 0 Å². The molecule has 2 aliphatic rings. The van der Waals surface area contributed by atoms with Gasteiger partial charge >= 0.3 is 0 Å². The average molecular weight is 306 g/mol. The number of carbonyl (C=O) groups is 1. The summed E-state index contributed by atoms with van der Waals surface area (Å²) >= 11 is 0. The molecule has 7 heteroatoms. The van der Waals surface area contributed by atoms with Crippen molar-refractivity contribution in [3.05, 3.63) is 18.2 Å². The molecule has 2 atom stereocenters. The fourth-order valence-electron chi connectivity index (χ4n) is 3.15. The molecule has 0 spiro atoms. The molecule has 2 saturated heterocycles. The van der Waals surface area contributed by atoms with Crippen LogP contribution < -0.4 is 4.74 Å². The van der Waals surface area contributed by atoms with Gasteiger partial charge in [-0.05, 0) is 13.3 Å². The van der Waals surface area contributed by atoms with Crippen molar-refractivity contribution in [2.24, 2.45) is 0 Å². The van der Waals surface area contributed by atoms with E-state index in [2.05, 4.69) is 21.8 Å². The second kappa shape index (κ2) is 6.58. The quantitative estimate of drug-likeness (QED) is 0.806. The van der Waals surface area contributed by atoms with Crippen LogP contribution in [0.4, 0.5) is 0 Å². The minimum Gasteiger partial charge on any atom is -0.494 e. The summed E-state index contributed by atoms with van der Waals surface area (Å²) in [5.74, 6) is 0.679. The molecule has 0 radical (unpaired) electrons. The van der Waals surface area contributed by atoms with Gasteiger partial charge < -0.3 is 14.4 Å². The van der Waals surface area contributed by atoms with E-state index in [-0.39, 0.29) is 17.8 Å². The lowest BCUT2D eigenvalue weighted by Gasteiger charge is -2.31. The molecule has 0 aromatic carbocycles. The fraction of sp³-hybridized carbons (Fsp3) is 0.667. The number of hydrogen-bond donors (Lipinski definition) is 0. The molecule has 1 aromatic heterocycles. The third-order valence-electron chi connectivity index (χ3n) is 4.43. The SMILES string of the molecule is COc1cnc(C(=O)N2CC(N3CCOCC3)CC2C)nc1. The molecule has 3 rings (SSSR count). The molecular weight excluding hydrogens is 284 g/mol. The third-order valence-corrected chi connectivity index (χ3v) is 4.43. The first-order valence-corrected chi connectivity index (χ1v) is 7.68. The maximum Gasteiger partial charge on any atom is 0.291 e. The van der Waals surface area contributed by atoms with Crippen molar-refractivity contribution in [2.75, 3.05) is 40.0 Å². The van der Waals surface area contributed by atoms with Gasteiger partial charge in [0.1, 0.15) is 0 Å². The number of morpholine rings is 1. The van der Waals surface area contributed by atoms with Crippen molar-refractivity contribution < 1.29 is 14.3 Å². The number of likely N-dealkylation sites (tertiary alicyclic amines) is 1. The van der Waals surface area contributed by atoms with Crippen LogP contribution in [0, 0.1) is 0 Å². The topological polar surface area (TPSA) is 67.8 Å². The summed E-state index contributed by atoms with van der Waals surface area (Å²) in [6.07, 6.45) is 4.04. The summed E-state index contributed by atoms with van der Waals surface area (Å²) in [6.45, 7) is 6.26. The van der Waals surface area contributed by atoms with Crippen LogP contribution in [0.3, 0.4) is 0 Å². The van der Waals surface area contributed by atoms with Crippen LogP contribution in [0.1, 0.15) is 24.0 Å². The Balaban J connectivity index is 1.66. The van der Waals surface area contributed by atoms with Gasteiger partial charge in [-0.3, -0.25) is 9.69 Å². The van der Waals surface area contributed by atoms with Crippen molar-refractivity contribution in [3.8, 4) is 5.75 Å². The minimum atomic E-state index is -0.106. The molecular formula is C15H22N4O3. The smallest absolute Gasteiger partial charge is 0.291 e. The molecule has 120 valence electrons. The molecule has 0 aliphatic carbocycles. The summed E-state index contributed by atoms with van der Waals surface area (Å²) in [5.41, 5.74) is 0. The number of carbonyl (C=O) groups excluding carboxylic acids is 1. The van der Waals surface area contributed by atoms with Crippen molar-refractivity contribution in [3.63, 3.8) is 0 Å². The highest BCUT2D eigenvalue weighted by Gasteiger charge is 2.37. The van der Waals surface area contributed by atoms with E-state index in [1.165, 1.54) is 12.4 Å². The van der Waals surface area contributed by atoms with Gasteiger partial charge in [-0.2, -0.15) is 0 Å². The highest BCUT2D eigenvalue weighted by molar-refractivity contribution is 5.90. The second-order valence-corrected chi connectivity index (χ2v) is 5.79. The zero-order valence-electron chi connectivity index (χ0n) is 13.1. The molecule has 2 unspecified atom stereocenters. The normalized spacial score (nSPS) is 26.2. The number of rotatable bonds is 3. The van der Waals surface area contributed by atoms with E-state index in [0.29, 0.717) is 11.8 Å². The number of amides is 1. The van der Waals surface area contributed by atoms with Crippen LogP contribution in [0.15, 0.2) is 12.4 Å².